The van der Waals surface area contributed by atoms with Gasteiger partial charge in [0, 0.05) is 5.75 Å². The number of aliphatic imine (C=N–C) groups is 1. The van der Waals surface area contributed by atoms with Crippen LogP contribution in [0.5, 0.6) is 0 Å². The molecular formula is C11H12ClFN2S. The number of anilines is 1. The van der Waals surface area contributed by atoms with Crippen LogP contribution in [0, 0.1) is 5.82 Å². The molecule has 1 aromatic carbocycles. The topological polar surface area (TPSA) is 24.4 Å². The zero-order valence-corrected chi connectivity index (χ0v) is 10.4. The number of nitrogens with one attached hydrogen (secondary N) is 1. The molecular weight excluding hydrogens is 247 g/mol. The van der Waals surface area contributed by atoms with Crippen LogP contribution in [0.1, 0.15) is 13.3 Å². The van der Waals surface area contributed by atoms with Gasteiger partial charge in [-0.05, 0) is 25.5 Å². The third-order valence-corrected chi connectivity index (χ3v) is 3.54. The summed E-state index contributed by atoms with van der Waals surface area (Å²) in [6.45, 7) is 2.05. The van der Waals surface area contributed by atoms with Gasteiger partial charge in [0.1, 0.15) is 5.82 Å². The first-order valence-electron chi connectivity index (χ1n) is 5.08. The second-order valence-corrected chi connectivity index (χ2v) is 5.13. The second kappa shape index (κ2) is 5.06. The number of hydrogen-bond donors (Lipinski definition) is 1. The minimum Gasteiger partial charge on any atom is -0.331 e. The molecule has 0 saturated heterocycles. The number of halogens is 2. The third kappa shape index (κ3) is 2.68. The molecule has 1 unspecified atom stereocenters. The molecule has 1 N–H and O–H groups in total. The van der Waals surface area contributed by atoms with E-state index in [1.807, 2.05) is 6.92 Å². The summed E-state index contributed by atoms with van der Waals surface area (Å²) in [7, 11) is 0. The third-order valence-electron chi connectivity index (χ3n) is 2.31. The summed E-state index contributed by atoms with van der Waals surface area (Å²) >= 11 is 7.51. The van der Waals surface area contributed by atoms with Crippen LogP contribution in [0.4, 0.5) is 10.1 Å². The molecule has 0 amide bonds. The lowest BCUT2D eigenvalue weighted by Gasteiger charge is -2.18. The van der Waals surface area contributed by atoms with E-state index in [2.05, 4.69) is 10.3 Å². The van der Waals surface area contributed by atoms with Crippen molar-refractivity contribution >= 4 is 34.2 Å². The molecule has 0 aliphatic carbocycles. The van der Waals surface area contributed by atoms with Crippen molar-refractivity contribution < 1.29 is 4.39 Å². The van der Waals surface area contributed by atoms with Crippen molar-refractivity contribution in [1.29, 1.82) is 0 Å². The maximum absolute atomic E-state index is 13.5. The number of nitrogens with zero attached hydrogens (tertiary/aromatic N) is 1. The number of amidine groups is 1. The summed E-state index contributed by atoms with van der Waals surface area (Å²) < 4.78 is 13.5. The Hall–Kier alpha value is -0.740. The van der Waals surface area contributed by atoms with E-state index < -0.39 is 0 Å². The molecule has 2 nitrogen and oxygen atoms in total. The smallest absolute Gasteiger partial charge is 0.161 e. The van der Waals surface area contributed by atoms with Gasteiger partial charge in [0.05, 0.1) is 16.8 Å². The van der Waals surface area contributed by atoms with Gasteiger partial charge in [-0.25, -0.2) is 4.39 Å². The van der Waals surface area contributed by atoms with E-state index in [4.69, 9.17) is 11.6 Å². The maximum Gasteiger partial charge on any atom is 0.161 e. The molecule has 1 atom stereocenters. The van der Waals surface area contributed by atoms with Crippen LogP contribution in [-0.2, 0) is 0 Å². The number of benzene rings is 1. The van der Waals surface area contributed by atoms with Gasteiger partial charge in [0.2, 0.25) is 0 Å². The quantitative estimate of drug-likeness (QED) is 0.829. The normalized spacial score (nSPS) is 20.4. The van der Waals surface area contributed by atoms with Gasteiger partial charge in [-0.3, -0.25) is 4.99 Å². The van der Waals surface area contributed by atoms with Crippen molar-refractivity contribution in [2.45, 2.75) is 19.4 Å². The number of para-hydroxylation sites is 1. The SMILES string of the molecule is CC1CCSC(Nc2c(F)cccc2Cl)=N1. The van der Waals surface area contributed by atoms with Crippen LogP contribution in [-0.4, -0.2) is 17.0 Å². The molecule has 1 aliphatic heterocycles. The van der Waals surface area contributed by atoms with E-state index in [9.17, 15) is 4.39 Å². The Morgan fingerprint density at radius 1 is 1.56 bits per heavy atom. The highest BCUT2D eigenvalue weighted by molar-refractivity contribution is 8.14. The zero-order valence-electron chi connectivity index (χ0n) is 8.84. The monoisotopic (exact) mass is 258 g/mol. The molecule has 0 saturated carbocycles. The molecule has 16 heavy (non-hydrogen) atoms. The average Bonchev–Trinajstić information content (AvgIpc) is 2.24. The first-order valence-corrected chi connectivity index (χ1v) is 6.45. The van der Waals surface area contributed by atoms with Crippen molar-refractivity contribution in [3.05, 3.63) is 29.0 Å². The lowest BCUT2D eigenvalue weighted by molar-refractivity contribution is 0.632. The van der Waals surface area contributed by atoms with Gasteiger partial charge in [-0.1, -0.05) is 29.4 Å². The predicted octanol–water partition coefficient (Wildman–Crippen LogP) is 3.77. The summed E-state index contributed by atoms with van der Waals surface area (Å²) in [5, 5.41) is 4.07. The van der Waals surface area contributed by atoms with Crippen LogP contribution in [0.15, 0.2) is 23.2 Å². The Balaban J connectivity index is 2.20. The van der Waals surface area contributed by atoms with Crippen LogP contribution in [0.25, 0.3) is 0 Å². The molecule has 0 spiro atoms. The van der Waals surface area contributed by atoms with E-state index in [-0.39, 0.29) is 11.9 Å². The Kier molecular flexibility index (Phi) is 3.71. The highest BCUT2D eigenvalue weighted by Crippen LogP contribution is 2.27. The Bertz CT molecular complexity index is 402. The highest BCUT2D eigenvalue weighted by Gasteiger charge is 2.14. The first kappa shape index (κ1) is 11.7. The molecule has 86 valence electrons. The van der Waals surface area contributed by atoms with Crippen LogP contribution in [0.3, 0.4) is 0 Å². The van der Waals surface area contributed by atoms with E-state index >= 15 is 0 Å². The summed E-state index contributed by atoms with van der Waals surface area (Å²) in [5.74, 6) is 0.646. The number of rotatable bonds is 1. The fraction of sp³-hybridized carbons (Fsp3) is 0.364. The molecule has 0 aromatic heterocycles. The first-order chi connectivity index (χ1) is 7.66. The van der Waals surface area contributed by atoms with Gasteiger partial charge in [-0.2, -0.15) is 0 Å². The molecule has 1 aromatic rings. The molecule has 0 radical (unpaired) electrons. The summed E-state index contributed by atoms with van der Waals surface area (Å²) in [6.07, 6.45) is 1.06. The van der Waals surface area contributed by atoms with Gasteiger partial charge in [0.25, 0.3) is 0 Å². The minimum absolute atomic E-state index is 0.286. The van der Waals surface area contributed by atoms with E-state index in [1.54, 1.807) is 23.9 Å². The van der Waals surface area contributed by atoms with Crippen molar-refractivity contribution in [1.82, 2.24) is 0 Å². The molecule has 1 aliphatic rings. The summed E-state index contributed by atoms with van der Waals surface area (Å²) in [5.41, 5.74) is 0.310. The Morgan fingerprint density at radius 2 is 2.38 bits per heavy atom. The standard InChI is InChI=1S/C11H12ClFN2S/c1-7-5-6-16-11(14-7)15-10-8(12)3-2-4-9(10)13/h2-4,7H,5-6H2,1H3,(H,14,15). The van der Waals surface area contributed by atoms with Gasteiger partial charge in [-0.15, -0.1) is 0 Å². The van der Waals surface area contributed by atoms with Gasteiger partial charge < -0.3 is 5.32 Å². The fourth-order valence-corrected chi connectivity index (χ4v) is 2.71. The Morgan fingerprint density at radius 3 is 3.06 bits per heavy atom. The minimum atomic E-state index is -0.353. The van der Waals surface area contributed by atoms with Gasteiger partial charge >= 0.3 is 0 Å². The van der Waals surface area contributed by atoms with E-state index in [0.29, 0.717) is 10.7 Å². The van der Waals surface area contributed by atoms with Crippen molar-refractivity contribution in [3.8, 4) is 0 Å². The van der Waals surface area contributed by atoms with E-state index in [1.165, 1.54) is 6.07 Å². The second-order valence-electron chi connectivity index (χ2n) is 3.64. The van der Waals surface area contributed by atoms with E-state index in [0.717, 1.165) is 17.3 Å². The summed E-state index contributed by atoms with van der Waals surface area (Å²) in [6, 6.07) is 4.91. The zero-order chi connectivity index (χ0) is 11.5. The lowest BCUT2D eigenvalue weighted by atomic mass is 10.3. The lowest BCUT2D eigenvalue weighted by Crippen LogP contribution is -2.18. The predicted molar refractivity (Wildman–Crippen MR) is 69.0 cm³/mol. The van der Waals surface area contributed by atoms with Crippen LogP contribution < -0.4 is 5.32 Å². The van der Waals surface area contributed by atoms with Crippen molar-refractivity contribution in [2.24, 2.45) is 4.99 Å². The maximum atomic E-state index is 13.5. The number of thioether (sulfide) groups is 1. The van der Waals surface area contributed by atoms with Gasteiger partial charge in [0.15, 0.2) is 5.17 Å². The van der Waals surface area contributed by atoms with Crippen LogP contribution in [0.2, 0.25) is 5.02 Å². The molecule has 5 heteroatoms. The van der Waals surface area contributed by atoms with Crippen LogP contribution >= 0.6 is 23.4 Å². The number of hydrogen-bond acceptors (Lipinski definition) is 3. The average molecular weight is 259 g/mol. The van der Waals surface area contributed by atoms with Crippen molar-refractivity contribution in [3.63, 3.8) is 0 Å². The largest absolute Gasteiger partial charge is 0.331 e. The summed E-state index contributed by atoms with van der Waals surface area (Å²) in [4.78, 5) is 4.40. The molecule has 0 bridgehead atoms. The molecule has 1 heterocycles. The highest BCUT2D eigenvalue weighted by atomic mass is 35.5. The Labute approximate surface area is 103 Å². The fourth-order valence-electron chi connectivity index (χ4n) is 1.42. The van der Waals surface area contributed by atoms with Crippen molar-refractivity contribution in [2.75, 3.05) is 11.1 Å². The molecule has 2 rings (SSSR count). The molecule has 0 fully saturated rings.